The normalized spacial score (nSPS) is 10.7. The zero-order valence-electron chi connectivity index (χ0n) is 11.9. The van der Waals surface area contributed by atoms with E-state index < -0.39 is 29.9 Å². The fourth-order valence-corrected chi connectivity index (χ4v) is 1.56. The molecule has 1 amide bonds. The van der Waals surface area contributed by atoms with Crippen LogP contribution in [0.15, 0.2) is 12.1 Å². The fraction of sp³-hybridized carbons (Fsp3) is 0.500. The monoisotopic (exact) mass is 286 g/mol. The molecule has 4 nitrogen and oxygen atoms in total. The van der Waals surface area contributed by atoms with Crippen LogP contribution >= 0.6 is 0 Å². The van der Waals surface area contributed by atoms with Crippen LogP contribution in [0.1, 0.15) is 19.4 Å². The van der Waals surface area contributed by atoms with Gasteiger partial charge in [0, 0.05) is 13.1 Å². The lowest BCUT2D eigenvalue weighted by Crippen LogP contribution is -2.32. The molecule has 0 saturated carbocycles. The van der Waals surface area contributed by atoms with Crippen LogP contribution in [0, 0.1) is 17.6 Å². The molecule has 0 atom stereocenters. The number of nitrogens with one attached hydrogen (secondary N) is 2. The highest BCUT2D eigenvalue weighted by Crippen LogP contribution is 2.23. The van der Waals surface area contributed by atoms with Gasteiger partial charge in [-0.15, -0.1) is 0 Å². The second-order valence-corrected chi connectivity index (χ2v) is 4.91. The topological polar surface area (TPSA) is 50.4 Å². The van der Waals surface area contributed by atoms with Gasteiger partial charge in [-0.2, -0.15) is 0 Å². The van der Waals surface area contributed by atoms with Crippen molar-refractivity contribution in [1.82, 2.24) is 10.6 Å². The summed E-state index contributed by atoms with van der Waals surface area (Å²) in [5.41, 5.74) is 0.471. The van der Waals surface area contributed by atoms with E-state index in [4.69, 9.17) is 4.74 Å². The Kier molecular flexibility index (Phi) is 6.38. The Balaban J connectivity index is 2.62. The van der Waals surface area contributed by atoms with Gasteiger partial charge in [0.25, 0.3) is 5.91 Å². The van der Waals surface area contributed by atoms with Crippen molar-refractivity contribution in [2.75, 3.05) is 20.2 Å². The van der Waals surface area contributed by atoms with E-state index in [1.807, 2.05) is 13.8 Å². The number of carbonyl (C=O) groups excluding carboxylic acids is 1. The average molecular weight is 286 g/mol. The predicted molar refractivity (Wildman–Crippen MR) is 72.5 cm³/mol. The number of amides is 1. The van der Waals surface area contributed by atoms with Crippen molar-refractivity contribution < 1.29 is 18.3 Å². The van der Waals surface area contributed by atoms with Crippen LogP contribution in [-0.2, 0) is 11.3 Å². The number of hydrogen-bond acceptors (Lipinski definition) is 3. The number of halogens is 2. The van der Waals surface area contributed by atoms with Crippen molar-refractivity contribution in [3.8, 4) is 5.75 Å². The molecule has 0 saturated heterocycles. The molecule has 1 rings (SSSR count). The van der Waals surface area contributed by atoms with E-state index in [0.717, 1.165) is 0 Å². The smallest absolute Gasteiger partial charge is 0.257 e. The summed E-state index contributed by atoms with van der Waals surface area (Å²) in [6, 6.07) is 2.36. The summed E-state index contributed by atoms with van der Waals surface area (Å²) in [5, 5.41) is 5.40. The first kappa shape index (κ1) is 16.4. The van der Waals surface area contributed by atoms with E-state index in [-0.39, 0.29) is 0 Å². The zero-order valence-corrected chi connectivity index (χ0v) is 11.9. The second-order valence-electron chi connectivity index (χ2n) is 4.91. The van der Waals surface area contributed by atoms with Crippen molar-refractivity contribution in [1.29, 1.82) is 0 Å². The molecule has 1 aromatic carbocycles. The maximum Gasteiger partial charge on any atom is 0.257 e. The average Bonchev–Trinajstić information content (AvgIpc) is 2.35. The molecule has 0 aromatic heterocycles. The molecule has 0 aliphatic carbocycles. The molecule has 2 N–H and O–H groups in total. The van der Waals surface area contributed by atoms with Crippen LogP contribution in [0.5, 0.6) is 5.75 Å². The molecule has 0 unspecified atom stereocenters. The number of ether oxygens (including phenoxy) is 1. The van der Waals surface area contributed by atoms with E-state index >= 15 is 0 Å². The first-order chi connectivity index (χ1) is 9.43. The molecule has 0 aliphatic rings. The Morgan fingerprint density at radius 2 is 1.90 bits per heavy atom. The number of hydrogen-bond donors (Lipinski definition) is 2. The molecule has 0 heterocycles. The van der Waals surface area contributed by atoms with Gasteiger partial charge in [-0.25, -0.2) is 8.78 Å². The molecule has 0 radical (unpaired) electrons. The Labute approximate surface area is 117 Å². The van der Waals surface area contributed by atoms with Crippen LogP contribution < -0.4 is 15.4 Å². The van der Waals surface area contributed by atoms with E-state index in [1.54, 1.807) is 7.05 Å². The maximum absolute atomic E-state index is 13.7. The molecule has 0 spiro atoms. The van der Waals surface area contributed by atoms with Gasteiger partial charge in [0.1, 0.15) is 0 Å². The summed E-state index contributed by atoms with van der Waals surface area (Å²) >= 11 is 0. The molecular weight excluding hydrogens is 266 g/mol. The zero-order chi connectivity index (χ0) is 15.1. The van der Waals surface area contributed by atoms with Crippen LogP contribution in [0.25, 0.3) is 0 Å². The van der Waals surface area contributed by atoms with Gasteiger partial charge in [0.05, 0.1) is 0 Å². The number of benzene rings is 1. The van der Waals surface area contributed by atoms with Gasteiger partial charge in [-0.05, 0) is 30.7 Å². The summed E-state index contributed by atoms with van der Waals surface area (Å²) < 4.78 is 32.3. The van der Waals surface area contributed by atoms with Gasteiger partial charge in [0.15, 0.2) is 24.0 Å². The molecule has 1 aromatic rings. The van der Waals surface area contributed by atoms with Gasteiger partial charge in [-0.1, -0.05) is 13.8 Å². The highest BCUT2D eigenvalue weighted by Gasteiger charge is 2.14. The third-order valence-corrected chi connectivity index (χ3v) is 2.49. The molecule has 20 heavy (non-hydrogen) atoms. The lowest BCUT2D eigenvalue weighted by Gasteiger charge is -2.11. The lowest BCUT2D eigenvalue weighted by atomic mass is 10.2. The molecule has 0 fully saturated rings. The SMILES string of the molecule is CNCc1cc(F)c(OCC(=O)NCC(C)C)c(F)c1. The highest BCUT2D eigenvalue weighted by atomic mass is 19.1. The Bertz CT molecular complexity index is 441. The van der Waals surface area contributed by atoms with E-state index in [1.165, 1.54) is 12.1 Å². The van der Waals surface area contributed by atoms with Crippen LogP contribution in [-0.4, -0.2) is 26.1 Å². The standard InChI is InChI=1S/C14H20F2N2O2/c1-9(2)6-18-13(19)8-20-14-11(15)4-10(7-17-3)5-12(14)16/h4-5,9,17H,6-8H2,1-3H3,(H,18,19). The first-order valence-electron chi connectivity index (χ1n) is 6.46. The number of rotatable bonds is 7. The van der Waals surface area contributed by atoms with E-state index in [9.17, 15) is 13.6 Å². The predicted octanol–water partition coefficient (Wildman–Crippen LogP) is 1.84. The minimum absolute atomic E-state index is 0.299. The third kappa shape index (κ3) is 5.13. The van der Waals surface area contributed by atoms with Crippen molar-refractivity contribution in [2.45, 2.75) is 20.4 Å². The third-order valence-electron chi connectivity index (χ3n) is 2.49. The van der Waals surface area contributed by atoms with Crippen LogP contribution in [0.2, 0.25) is 0 Å². The van der Waals surface area contributed by atoms with Gasteiger partial charge in [-0.3, -0.25) is 4.79 Å². The van der Waals surface area contributed by atoms with Gasteiger partial charge in [0.2, 0.25) is 0 Å². The summed E-state index contributed by atoms with van der Waals surface area (Å²) in [6.07, 6.45) is 0. The highest BCUT2D eigenvalue weighted by molar-refractivity contribution is 5.77. The molecule has 0 bridgehead atoms. The van der Waals surface area contributed by atoms with Gasteiger partial charge < -0.3 is 15.4 Å². The second kappa shape index (κ2) is 7.79. The summed E-state index contributed by atoms with van der Waals surface area (Å²) in [5.74, 6) is -2.26. The van der Waals surface area contributed by atoms with E-state index in [0.29, 0.717) is 24.6 Å². The van der Waals surface area contributed by atoms with Crippen LogP contribution in [0.4, 0.5) is 8.78 Å². The quantitative estimate of drug-likeness (QED) is 0.804. The van der Waals surface area contributed by atoms with E-state index in [2.05, 4.69) is 10.6 Å². The Morgan fingerprint density at radius 1 is 1.30 bits per heavy atom. The largest absolute Gasteiger partial charge is 0.478 e. The molecular formula is C14H20F2N2O2. The van der Waals surface area contributed by atoms with Crippen molar-refractivity contribution in [3.63, 3.8) is 0 Å². The first-order valence-corrected chi connectivity index (χ1v) is 6.46. The van der Waals surface area contributed by atoms with Crippen molar-refractivity contribution in [2.24, 2.45) is 5.92 Å². The van der Waals surface area contributed by atoms with Crippen molar-refractivity contribution in [3.05, 3.63) is 29.3 Å². The summed E-state index contributed by atoms with van der Waals surface area (Å²) in [7, 11) is 1.68. The lowest BCUT2D eigenvalue weighted by molar-refractivity contribution is -0.123. The molecule has 112 valence electrons. The van der Waals surface area contributed by atoms with Crippen molar-refractivity contribution >= 4 is 5.91 Å². The fourth-order valence-electron chi connectivity index (χ4n) is 1.56. The summed E-state index contributed by atoms with van der Waals surface area (Å²) in [4.78, 5) is 11.4. The number of carbonyl (C=O) groups is 1. The van der Waals surface area contributed by atoms with Gasteiger partial charge >= 0.3 is 0 Å². The summed E-state index contributed by atoms with van der Waals surface area (Å²) in [6.45, 7) is 4.32. The molecule has 6 heteroatoms. The Hall–Kier alpha value is -1.69. The Morgan fingerprint density at radius 3 is 2.40 bits per heavy atom. The minimum atomic E-state index is -0.813. The minimum Gasteiger partial charge on any atom is -0.478 e. The molecule has 0 aliphatic heterocycles. The van der Waals surface area contributed by atoms with Crippen LogP contribution in [0.3, 0.4) is 0 Å². The maximum atomic E-state index is 13.7.